The van der Waals surface area contributed by atoms with Crippen molar-refractivity contribution in [1.29, 1.82) is 0 Å². The van der Waals surface area contributed by atoms with Gasteiger partial charge >= 0.3 is 0 Å². The van der Waals surface area contributed by atoms with Crippen molar-refractivity contribution in [2.24, 2.45) is 0 Å². The fourth-order valence-electron chi connectivity index (χ4n) is 1.23. The second kappa shape index (κ2) is 3.87. The molecule has 76 valence electrons. The minimum absolute atomic E-state index is 0.0684. The fourth-order valence-corrected chi connectivity index (χ4v) is 1.35. The number of pyridine rings is 1. The third-order valence-corrected chi connectivity index (χ3v) is 2.27. The van der Waals surface area contributed by atoms with Gasteiger partial charge in [-0.15, -0.1) is 0 Å². The first kappa shape index (κ1) is 9.93. The van der Waals surface area contributed by atoms with Gasteiger partial charge < -0.3 is 5.11 Å². The molecular weight excluding hydrogens is 217 g/mol. The van der Waals surface area contributed by atoms with Gasteiger partial charge in [-0.1, -0.05) is 17.7 Å². The van der Waals surface area contributed by atoms with E-state index in [9.17, 15) is 9.50 Å². The minimum atomic E-state index is -0.501. The second-order valence-electron chi connectivity index (χ2n) is 3.03. The van der Waals surface area contributed by atoms with Crippen LogP contribution in [-0.4, -0.2) is 10.1 Å². The van der Waals surface area contributed by atoms with Gasteiger partial charge in [0, 0.05) is 17.8 Å². The van der Waals surface area contributed by atoms with E-state index in [1.165, 1.54) is 30.5 Å². The summed E-state index contributed by atoms with van der Waals surface area (Å²) < 4.78 is 13.1. The van der Waals surface area contributed by atoms with Crippen LogP contribution in [0, 0.1) is 5.82 Å². The zero-order chi connectivity index (χ0) is 10.8. The lowest BCUT2D eigenvalue weighted by Gasteiger charge is -2.02. The average molecular weight is 224 g/mol. The van der Waals surface area contributed by atoms with Gasteiger partial charge in [0.05, 0.1) is 10.7 Å². The third-order valence-electron chi connectivity index (χ3n) is 1.96. The standard InChI is InChI=1S/C11H7ClFNO/c12-9-2-1-7(5-10(9)13)11-6-8(15)3-4-14-11/h1-6H,(H,14,15). The van der Waals surface area contributed by atoms with Gasteiger partial charge in [-0.2, -0.15) is 0 Å². The quantitative estimate of drug-likeness (QED) is 0.805. The van der Waals surface area contributed by atoms with Crippen molar-refractivity contribution in [3.63, 3.8) is 0 Å². The van der Waals surface area contributed by atoms with E-state index in [0.29, 0.717) is 11.3 Å². The van der Waals surface area contributed by atoms with Crippen LogP contribution < -0.4 is 0 Å². The normalized spacial score (nSPS) is 10.3. The van der Waals surface area contributed by atoms with Crippen LogP contribution in [-0.2, 0) is 0 Å². The van der Waals surface area contributed by atoms with E-state index in [1.54, 1.807) is 6.07 Å². The molecule has 0 aliphatic heterocycles. The molecule has 1 N–H and O–H groups in total. The Morgan fingerprint density at radius 2 is 2.00 bits per heavy atom. The first-order valence-electron chi connectivity index (χ1n) is 4.27. The lowest BCUT2D eigenvalue weighted by molar-refractivity contribution is 0.475. The van der Waals surface area contributed by atoms with Crippen LogP contribution in [0.5, 0.6) is 5.75 Å². The highest BCUT2D eigenvalue weighted by molar-refractivity contribution is 6.30. The van der Waals surface area contributed by atoms with Crippen LogP contribution in [0.1, 0.15) is 0 Å². The van der Waals surface area contributed by atoms with Crippen LogP contribution in [0.4, 0.5) is 4.39 Å². The largest absolute Gasteiger partial charge is 0.508 e. The second-order valence-corrected chi connectivity index (χ2v) is 3.44. The van der Waals surface area contributed by atoms with Crippen molar-refractivity contribution < 1.29 is 9.50 Å². The molecule has 0 bridgehead atoms. The van der Waals surface area contributed by atoms with Crippen LogP contribution in [0.2, 0.25) is 5.02 Å². The predicted molar refractivity (Wildman–Crippen MR) is 56.3 cm³/mol. The van der Waals surface area contributed by atoms with Crippen molar-refractivity contribution in [3.8, 4) is 17.0 Å². The molecule has 0 fully saturated rings. The molecule has 1 aromatic heterocycles. The van der Waals surface area contributed by atoms with Gasteiger partial charge in [-0.05, 0) is 18.2 Å². The molecule has 0 amide bonds. The van der Waals surface area contributed by atoms with E-state index in [-0.39, 0.29) is 10.8 Å². The van der Waals surface area contributed by atoms with E-state index in [0.717, 1.165) is 0 Å². The highest BCUT2D eigenvalue weighted by atomic mass is 35.5. The van der Waals surface area contributed by atoms with Crippen LogP contribution in [0.15, 0.2) is 36.5 Å². The summed E-state index contributed by atoms with van der Waals surface area (Å²) >= 11 is 5.55. The topological polar surface area (TPSA) is 33.1 Å². The first-order chi connectivity index (χ1) is 7.16. The third kappa shape index (κ3) is 2.07. The molecule has 2 rings (SSSR count). The summed E-state index contributed by atoms with van der Waals surface area (Å²) in [7, 11) is 0. The molecule has 2 nitrogen and oxygen atoms in total. The van der Waals surface area contributed by atoms with E-state index in [2.05, 4.69) is 4.98 Å². The number of aromatic hydroxyl groups is 1. The molecule has 4 heteroatoms. The van der Waals surface area contributed by atoms with E-state index < -0.39 is 5.82 Å². The fraction of sp³-hybridized carbons (Fsp3) is 0. The molecule has 0 saturated carbocycles. The highest BCUT2D eigenvalue weighted by Gasteiger charge is 2.04. The Morgan fingerprint density at radius 1 is 1.20 bits per heavy atom. The van der Waals surface area contributed by atoms with E-state index in [4.69, 9.17) is 11.6 Å². The highest BCUT2D eigenvalue weighted by Crippen LogP contribution is 2.24. The SMILES string of the molecule is Oc1ccnc(-c2ccc(Cl)c(F)c2)c1. The molecule has 0 radical (unpaired) electrons. The Morgan fingerprint density at radius 3 is 2.67 bits per heavy atom. The van der Waals surface area contributed by atoms with Gasteiger partial charge in [-0.3, -0.25) is 4.98 Å². The number of halogens is 2. The van der Waals surface area contributed by atoms with Crippen LogP contribution in [0.25, 0.3) is 11.3 Å². The molecule has 1 aromatic carbocycles. The number of benzene rings is 1. The van der Waals surface area contributed by atoms with Crippen molar-refractivity contribution in [3.05, 3.63) is 47.4 Å². The van der Waals surface area contributed by atoms with E-state index in [1.807, 2.05) is 0 Å². The Kier molecular flexibility index (Phi) is 2.56. The molecule has 0 aliphatic rings. The number of rotatable bonds is 1. The average Bonchev–Trinajstić information content (AvgIpc) is 2.22. The Hall–Kier alpha value is -1.61. The van der Waals surface area contributed by atoms with Gasteiger partial charge in [0.2, 0.25) is 0 Å². The summed E-state index contributed by atoms with van der Waals surface area (Å²) in [4.78, 5) is 4.01. The first-order valence-corrected chi connectivity index (χ1v) is 4.65. The van der Waals surface area contributed by atoms with Crippen molar-refractivity contribution in [1.82, 2.24) is 4.98 Å². The summed E-state index contributed by atoms with van der Waals surface area (Å²) in [6, 6.07) is 7.30. The summed E-state index contributed by atoms with van der Waals surface area (Å²) in [5, 5.41) is 9.31. The van der Waals surface area contributed by atoms with Crippen molar-refractivity contribution in [2.45, 2.75) is 0 Å². The van der Waals surface area contributed by atoms with Crippen LogP contribution in [0.3, 0.4) is 0 Å². The predicted octanol–water partition coefficient (Wildman–Crippen LogP) is 3.25. The molecule has 0 unspecified atom stereocenters. The summed E-state index contributed by atoms with van der Waals surface area (Å²) in [6.45, 7) is 0. The van der Waals surface area contributed by atoms with Crippen LogP contribution >= 0.6 is 11.6 Å². The Balaban J connectivity index is 2.50. The number of nitrogens with zero attached hydrogens (tertiary/aromatic N) is 1. The number of hydrogen-bond acceptors (Lipinski definition) is 2. The zero-order valence-corrected chi connectivity index (χ0v) is 8.37. The monoisotopic (exact) mass is 223 g/mol. The molecule has 15 heavy (non-hydrogen) atoms. The molecule has 0 spiro atoms. The lowest BCUT2D eigenvalue weighted by Crippen LogP contribution is -1.84. The maximum absolute atomic E-state index is 13.1. The minimum Gasteiger partial charge on any atom is -0.508 e. The van der Waals surface area contributed by atoms with Crippen molar-refractivity contribution >= 4 is 11.6 Å². The molecule has 0 saturated heterocycles. The maximum atomic E-state index is 13.1. The molecule has 1 heterocycles. The smallest absolute Gasteiger partial charge is 0.142 e. The number of hydrogen-bond donors (Lipinski definition) is 1. The summed E-state index contributed by atoms with van der Waals surface area (Å²) in [6.07, 6.45) is 1.46. The maximum Gasteiger partial charge on any atom is 0.142 e. The Labute approximate surface area is 91.0 Å². The van der Waals surface area contributed by atoms with Gasteiger partial charge in [-0.25, -0.2) is 4.39 Å². The molecule has 0 aliphatic carbocycles. The lowest BCUT2D eigenvalue weighted by atomic mass is 10.1. The molecule has 2 aromatic rings. The van der Waals surface area contributed by atoms with Gasteiger partial charge in [0.25, 0.3) is 0 Å². The van der Waals surface area contributed by atoms with Gasteiger partial charge in [0.15, 0.2) is 0 Å². The Bertz CT molecular complexity index is 502. The summed E-state index contributed by atoms with van der Waals surface area (Å²) in [5.41, 5.74) is 1.08. The number of aromatic nitrogens is 1. The van der Waals surface area contributed by atoms with E-state index >= 15 is 0 Å². The zero-order valence-electron chi connectivity index (χ0n) is 7.61. The summed E-state index contributed by atoms with van der Waals surface area (Å²) in [5.74, 6) is -0.408. The van der Waals surface area contributed by atoms with Gasteiger partial charge in [0.1, 0.15) is 11.6 Å². The molecule has 0 atom stereocenters. The molecular formula is C11H7ClFNO. The van der Waals surface area contributed by atoms with Crippen molar-refractivity contribution in [2.75, 3.05) is 0 Å².